The highest BCUT2D eigenvalue weighted by molar-refractivity contribution is 5.66. The van der Waals surface area contributed by atoms with Crippen LogP contribution in [-0.2, 0) is 15.1 Å². The largest absolute Gasteiger partial charge is 0.497 e. The molecule has 0 heterocycles. The number of nitro benzene ring substituents is 1. The van der Waals surface area contributed by atoms with Crippen LogP contribution >= 0.6 is 0 Å². The van der Waals surface area contributed by atoms with Gasteiger partial charge in [-0.3, -0.25) is 14.9 Å². The molecule has 4 aromatic rings. The van der Waals surface area contributed by atoms with Crippen molar-refractivity contribution < 1.29 is 29.0 Å². The van der Waals surface area contributed by atoms with Gasteiger partial charge in [-0.15, -0.1) is 0 Å². The van der Waals surface area contributed by atoms with Crippen LogP contribution < -0.4 is 9.47 Å². The predicted octanol–water partition coefficient (Wildman–Crippen LogP) is 6.53. The zero-order valence-electron chi connectivity index (χ0n) is 21.7. The number of ether oxygens (including phenoxy) is 3. The van der Waals surface area contributed by atoms with E-state index < -0.39 is 22.6 Å². The number of nitro groups is 1. The summed E-state index contributed by atoms with van der Waals surface area (Å²) in [6, 6.07) is 30.6. The zero-order valence-corrected chi connectivity index (χ0v) is 21.7. The lowest BCUT2D eigenvalue weighted by Gasteiger charge is -2.39. The van der Waals surface area contributed by atoms with Crippen LogP contribution in [0.2, 0.25) is 0 Å². The first-order valence-corrected chi connectivity index (χ1v) is 12.4. The Bertz CT molecular complexity index is 1360. The van der Waals surface area contributed by atoms with Gasteiger partial charge in [0.1, 0.15) is 17.1 Å². The molecule has 4 rings (SSSR count). The number of benzene rings is 4. The summed E-state index contributed by atoms with van der Waals surface area (Å²) >= 11 is 0. The lowest BCUT2D eigenvalue weighted by molar-refractivity contribution is -0.386. The van der Waals surface area contributed by atoms with Crippen molar-refractivity contribution in [2.75, 3.05) is 14.2 Å². The Morgan fingerprint density at radius 3 is 1.77 bits per heavy atom. The van der Waals surface area contributed by atoms with Crippen molar-refractivity contribution in [2.24, 2.45) is 0 Å². The molecule has 39 heavy (non-hydrogen) atoms. The summed E-state index contributed by atoms with van der Waals surface area (Å²) in [6.45, 7) is 0. The molecule has 8 nitrogen and oxygen atoms in total. The lowest BCUT2D eigenvalue weighted by atomic mass is 9.79. The summed E-state index contributed by atoms with van der Waals surface area (Å²) in [6.07, 6.45) is -1.17. The fourth-order valence-corrected chi connectivity index (χ4v) is 4.70. The number of carboxylic acid groups (broad SMARTS) is 1. The van der Waals surface area contributed by atoms with Gasteiger partial charge < -0.3 is 19.3 Å². The number of rotatable bonds is 12. The number of hydrogen-bond donors (Lipinski definition) is 1. The highest BCUT2D eigenvalue weighted by atomic mass is 16.6. The smallest absolute Gasteiger partial charge is 0.303 e. The fourth-order valence-electron chi connectivity index (χ4n) is 4.70. The van der Waals surface area contributed by atoms with Crippen molar-refractivity contribution >= 4 is 11.7 Å². The minimum atomic E-state index is -1.27. The third kappa shape index (κ3) is 5.91. The molecule has 8 heteroatoms. The van der Waals surface area contributed by atoms with E-state index in [-0.39, 0.29) is 18.5 Å². The topological polar surface area (TPSA) is 108 Å². The van der Waals surface area contributed by atoms with E-state index in [4.69, 9.17) is 14.2 Å². The van der Waals surface area contributed by atoms with E-state index in [1.54, 1.807) is 32.4 Å². The molecule has 0 spiro atoms. The van der Waals surface area contributed by atoms with Gasteiger partial charge in [-0.25, -0.2) is 0 Å². The molecule has 0 aliphatic heterocycles. The number of carbonyl (C=O) groups is 1. The van der Waals surface area contributed by atoms with E-state index in [1.807, 2.05) is 78.9 Å². The van der Waals surface area contributed by atoms with Gasteiger partial charge in [0, 0.05) is 12.5 Å². The summed E-state index contributed by atoms with van der Waals surface area (Å²) in [7, 11) is 3.16. The van der Waals surface area contributed by atoms with Crippen molar-refractivity contribution in [3.63, 3.8) is 0 Å². The lowest BCUT2D eigenvalue weighted by Crippen LogP contribution is -2.35. The van der Waals surface area contributed by atoms with E-state index in [2.05, 4.69) is 0 Å². The number of nitrogens with zero attached hydrogens (tertiary/aromatic N) is 1. The molecule has 1 N–H and O–H groups in total. The maximum Gasteiger partial charge on any atom is 0.303 e. The van der Waals surface area contributed by atoms with Gasteiger partial charge in [-0.1, -0.05) is 66.7 Å². The van der Waals surface area contributed by atoms with Crippen LogP contribution in [0.3, 0.4) is 0 Å². The average Bonchev–Trinajstić information content (AvgIpc) is 2.98. The van der Waals surface area contributed by atoms with E-state index in [9.17, 15) is 20.0 Å². The van der Waals surface area contributed by atoms with Crippen LogP contribution in [0.25, 0.3) is 0 Å². The monoisotopic (exact) mass is 527 g/mol. The second-order valence-electron chi connectivity index (χ2n) is 8.86. The highest BCUT2D eigenvalue weighted by Crippen LogP contribution is 2.46. The Hall–Kier alpha value is -4.69. The molecule has 0 bridgehead atoms. The van der Waals surface area contributed by atoms with Crippen molar-refractivity contribution in [1.82, 2.24) is 0 Å². The van der Waals surface area contributed by atoms with Gasteiger partial charge in [-0.05, 0) is 53.4 Å². The Morgan fingerprint density at radius 1 is 0.795 bits per heavy atom. The average molecular weight is 528 g/mol. The van der Waals surface area contributed by atoms with Crippen LogP contribution in [0.4, 0.5) is 5.69 Å². The maximum absolute atomic E-state index is 12.0. The number of methoxy groups -OCH3 is 2. The van der Waals surface area contributed by atoms with Gasteiger partial charge >= 0.3 is 5.97 Å². The third-order valence-corrected chi connectivity index (χ3v) is 6.59. The maximum atomic E-state index is 12.0. The number of carboxylic acids is 1. The molecular weight excluding hydrogens is 498 g/mol. The zero-order chi connectivity index (χ0) is 27.8. The molecule has 0 amide bonds. The molecule has 1 unspecified atom stereocenters. The minimum absolute atomic E-state index is 0.0150. The summed E-state index contributed by atoms with van der Waals surface area (Å²) in [5.41, 5.74) is 1.12. The second kappa shape index (κ2) is 12.2. The molecule has 0 aliphatic carbocycles. The predicted molar refractivity (Wildman–Crippen MR) is 146 cm³/mol. The van der Waals surface area contributed by atoms with Crippen LogP contribution in [0.15, 0.2) is 103 Å². The highest BCUT2D eigenvalue weighted by Gasteiger charge is 2.41. The van der Waals surface area contributed by atoms with Crippen molar-refractivity contribution in [3.05, 3.63) is 135 Å². The molecule has 0 aliphatic rings. The van der Waals surface area contributed by atoms with Crippen molar-refractivity contribution in [1.29, 1.82) is 0 Å². The Kier molecular flexibility index (Phi) is 8.58. The quantitative estimate of drug-likeness (QED) is 0.127. The molecule has 200 valence electrons. The Balaban J connectivity index is 2.00. The first-order chi connectivity index (χ1) is 18.9. The van der Waals surface area contributed by atoms with Crippen molar-refractivity contribution in [2.45, 2.75) is 24.5 Å². The van der Waals surface area contributed by atoms with Crippen LogP contribution in [0, 0.1) is 10.1 Å². The van der Waals surface area contributed by atoms with Gasteiger partial charge in [0.05, 0.1) is 30.8 Å². The standard InChI is InChI=1S/C31H29NO7/c1-37-25-16-12-23(13-17-25)31(22-8-4-3-5-9-22,24-14-18-26(38-2)19-15-24)39-29(20-21-30(33)34)27-10-6-7-11-28(27)32(35)36/h3-19,29H,20-21H2,1-2H3,(H,33,34). The van der Waals surface area contributed by atoms with Gasteiger partial charge in [0.15, 0.2) is 0 Å². The molecule has 0 radical (unpaired) electrons. The second-order valence-corrected chi connectivity index (χ2v) is 8.86. The molecule has 0 saturated heterocycles. The van der Waals surface area contributed by atoms with Crippen molar-refractivity contribution in [3.8, 4) is 11.5 Å². The SMILES string of the molecule is COc1ccc(C(OC(CCC(=O)O)c2ccccc2[N+](=O)[O-])(c2ccccc2)c2ccc(OC)cc2)cc1. The first-order valence-electron chi connectivity index (χ1n) is 12.4. The summed E-state index contributed by atoms with van der Waals surface area (Å²) < 4.78 is 17.8. The van der Waals surface area contributed by atoms with E-state index in [0.717, 1.165) is 16.7 Å². The van der Waals surface area contributed by atoms with Crippen LogP contribution in [0.1, 0.15) is 41.2 Å². The Labute approximate surface area is 226 Å². The number of aliphatic carboxylic acids is 1. The van der Waals surface area contributed by atoms with E-state index >= 15 is 0 Å². The molecule has 0 fully saturated rings. The van der Waals surface area contributed by atoms with Crippen LogP contribution in [0.5, 0.6) is 11.5 Å². The Morgan fingerprint density at radius 2 is 1.28 bits per heavy atom. The summed E-state index contributed by atoms with van der Waals surface area (Å²) in [5.74, 6) is 0.273. The van der Waals surface area contributed by atoms with Gasteiger partial charge in [0.25, 0.3) is 5.69 Å². The van der Waals surface area contributed by atoms with Crippen LogP contribution in [-0.4, -0.2) is 30.2 Å². The first kappa shape index (κ1) is 27.3. The van der Waals surface area contributed by atoms with E-state index in [0.29, 0.717) is 17.1 Å². The fraction of sp³-hybridized carbons (Fsp3) is 0.194. The summed E-state index contributed by atoms with van der Waals surface area (Å²) in [4.78, 5) is 23.2. The summed E-state index contributed by atoms with van der Waals surface area (Å²) in [5, 5.41) is 21.5. The number of hydrogen-bond acceptors (Lipinski definition) is 6. The normalized spacial score (nSPS) is 11.9. The molecule has 1 atom stereocenters. The molecule has 0 aromatic heterocycles. The van der Waals surface area contributed by atoms with E-state index in [1.165, 1.54) is 6.07 Å². The third-order valence-electron chi connectivity index (χ3n) is 6.59. The number of para-hydroxylation sites is 1. The molecular formula is C31H29NO7. The molecule has 0 saturated carbocycles. The molecule has 4 aromatic carbocycles. The van der Waals surface area contributed by atoms with Gasteiger partial charge in [0.2, 0.25) is 0 Å². The minimum Gasteiger partial charge on any atom is -0.497 e. The van der Waals surface area contributed by atoms with Gasteiger partial charge in [-0.2, -0.15) is 0 Å².